The number of hydrogen-bond acceptors (Lipinski definition) is 5. The zero-order valence-electron chi connectivity index (χ0n) is 10.8. The molecular weight excluding hydrogens is 310 g/mol. The van der Waals surface area contributed by atoms with E-state index >= 15 is 0 Å². The van der Waals surface area contributed by atoms with Gasteiger partial charge in [-0.25, -0.2) is 4.98 Å². The van der Waals surface area contributed by atoms with E-state index in [9.17, 15) is 0 Å². The predicted molar refractivity (Wildman–Crippen MR) is 80.3 cm³/mol. The zero-order chi connectivity index (χ0) is 15.0. The van der Waals surface area contributed by atoms with Crippen LogP contribution in [0, 0.1) is 16.1 Å². The van der Waals surface area contributed by atoms with Crippen LogP contribution in [0.15, 0.2) is 24.5 Å². The molecular formula is C13H8ClN5OS. The quantitative estimate of drug-likeness (QED) is 0.735. The third-order valence-corrected chi connectivity index (χ3v) is 3.55. The molecule has 0 radical (unpaired) electrons. The number of nitrogens with zero attached hydrogens (tertiary/aromatic N) is 4. The summed E-state index contributed by atoms with van der Waals surface area (Å²) < 4.78 is 7.22. The Balaban J connectivity index is 2.39. The Bertz CT molecular complexity index is 940. The van der Waals surface area contributed by atoms with E-state index in [2.05, 4.69) is 21.0 Å². The van der Waals surface area contributed by atoms with Gasteiger partial charge < -0.3 is 9.72 Å². The molecule has 1 N–H and O–H groups in total. The van der Waals surface area contributed by atoms with Gasteiger partial charge in [-0.3, -0.25) is 4.57 Å². The molecule has 2 aromatic heterocycles. The lowest BCUT2D eigenvalue weighted by Gasteiger charge is -2.07. The normalized spacial score (nSPS) is 10.5. The SMILES string of the molecule is COc1ncnc2c1[nH]c(=S)n2-c1cc(C#N)ccc1Cl. The van der Waals surface area contributed by atoms with Crippen molar-refractivity contribution in [3.8, 4) is 17.6 Å². The monoisotopic (exact) mass is 317 g/mol. The predicted octanol–water partition coefficient (Wildman–Crippen LogP) is 3.01. The first-order valence-electron chi connectivity index (χ1n) is 5.85. The zero-order valence-corrected chi connectivity index (χ0v) is 12.4. The second-order valence-electron chi connectivity index (χ2n) is 4.13. The van der Waals surface area contributed by atoms with Gasteiger partial charge in [0.05, 0.1) is 29.5 Å². The number of imidazole rings is 1. The van der Waals surface area contributed by atoms with Crippen molar-refractivity contribution in [1.29, 1.82) is 5.26 Å². The summed E-state index contributed by atoms with van der Waals surface area (Å²) >= 11 is 11.5. The van der Waals surface area contributed by atoms with Crippen LogP contribution in [0.2, 0.25) is 5.02 Å². The van der Waals surface area contributed by atoms with E-state index in [1.54, 1.807) is 22.8 Å². The van der Waals surface area contributed by atoms with Crippen LogP contribution in [0.1, 0.15) is 5.56 Å². The van der Waals surface area contributed by atoms with Gasteiger partial charge in [0.15, 0.2) is 10.4 Å². The molecule has 0 amide bonds. The van der Waals surface area contributed by atoms with E-state index in [0.717, 1.165) is 0 Å². The summed E-state index contributed by atoms with van der Waals surface area (Å²) in [6.07, 6.45) is 1.38. The molecule has 0 aliphatic rings. The van der Waals surface area contributed by atoms with Gasteiger partial charge in [-0.05, 0) is 30.4 Å². The molecule has 2 heterocycles. The minimum atomic E-state index is 0.386. The van der Waals surface area contributed by atoms with Crippen molar-refractivity contribution in [2.75, 3.05) is 7.11 Å². The molecule has 0 atom stereocenters. The van der Waals surface area contributed by atoms with Crippen LogP contribution in [-0.4, -0.2) is 26.6 Å². The van der Waals surface area contributed by atoms with Crippen molar-refractivity contribution in [1.82, 2.24) is 19.5 Å². The van der Waals surface area contributed by atoms with E-state index in [1.165, 1.54) is 13.4 Å². The molecule has 3 rings (SSSR count). The highest BCUT2D eigenvalue weighted by Crippen LogP contribution is 2.28. The lowest BCUT2D eigenvalue weighted by atomic mass is 10.2. The van der Waals surface area contributed by atoms with Crippen LogP contribution >= 0.6 is 23.8 Å². The standard InChI is InChI=1S/C13H8ClN5OS/c1-20-12-10-11(16-6-17-12)19(13(21)18-10)9-4-7(5-15)2-3-8(9)14/h2-4,6H,1H3,(H,18,21). The number of benzene rings is 1. The van der Waals surface area contributed by atoms with Crippen molar-refractivity contribution in [2.45, 2.75) is 0 Å². The summed E-state index contributed by atoms with van der Waals surface area (Å²) in [5.74, 6) is 0.386. The van der Waals surface area contributed by atoms with Crippen LogP contribution in [0.4, 0.5) is 0 Å². The number of aromatic nitrogens is 4. The highest BCUT2D eigenvalue weighted by Gasteiger charge is 2.15. The molecule has 1 aromatic carbocycles. The maximum Gasteiger partial charge on any atom is 0.242 e. The summed E-state index contributed by atoms with van der Waals surface area (Å²) in [5, 5.41) is 9.50. The first kappa shape index (κ1) is 13.5. The van der Waals surface area contributed by atoms with Crippen molar-refractivity contribution in [3.05, 3.63) is 39.9 Å². The van der Waals surface area contributed by atoms with Crippen LogP contribution in [0.25, 0.3) is 16.9 Å². The number of hydrogen-bond donors (Lipinski definition) is 1. The van der Waals surface area contributed by atoms with Gasteiger partial charge in [0.1, 0.15) is 11.8 Å². The fourth-order valence-corrected chi connectivity index (χ4v) is 2.52. The number of rotatable bonds is 2. The minimum Gasteiger partial charge on any atom is -0.479 e. The molecule has 0 aliphatic carbocycles. The van der Waals surface area contributed by atoms with Gasteiger partial charge in [0.2, 0.25) is 5.88 Å². The van der Waals surface area contributed by atoms with Gasteiger partial charge in [0, 0.05) is 0 Å². The lowest BCUT2D eigenvalue weighted by molar-refractivity contribution is 0.401. The fraction of sp³-hybridized carbons (Fsp3) is 0.0769. The van der Waals surface area contributed by atoms with Crippen molar-refractivity contribution >= 4 is 35.0 Å². The van der Waals surface area contributed by atoms with E-state index in [4.69, 9.17) is 33.8 Å². The molecule has 0 bridgehead atoms. The Hall–Kier alpha value is -2.43. The maximum atomic E-state index is 9.03. The minimum absolute atomic E-state index is 0.386. The lowest BCUT2D eigenvalue weighted by Crippen LogP contribution is -1.98. The van der Waals surface area contributed by atoms with Crippen molar-refractivity contribution < 1.29 is 4.74 Å². The average Bonchev–Trinajstić information content (AvgIpc) is 2.83. The number of methoxy groups -OCH3 is 1. The molecule has 0 saturated heterocycles. The number of ether oxygens (including phenoxy) is 1. The summed E-state index contributed by atoms with van der Waals surface area (Å²) in [4.78, 5) is 11.2. The van der Waals surface area contributed by atoms with Gasteiger partial charge >= 0.3 is 0 Å². The van der Waals surface area contributed by atoms with E-state index < -0.39 is 0 Å². The Morgan fingerprint density at radius 2 is 2.24 bits per heavy atom. The number of aromatic amines is 1. The number of fused-ring (bicyclic) bond motifs is 1. The summed E-state index contributed by atoms with van der Waals surface area (Å²) in [6, 6.07) is 7.01. The van der Waals surface area contributed by atoms with Crippen LogP contribution in [0.3, 0.4) is 0 Å². The molecule has 104 valence electrons. The van der Waals surface area contributed by atoms with Gasteiger partial charge in [-0.2, -0.15) is 10.2 Å². The maximum absolute atomic E-state index is 9.03. The molecule has 3 aromatic rings. The second-order valence-corrected chi connectivity index (χ2v) is 4.92. The highest BCUT2D eigenvalue weighted by molar-refractivity contribution is 7.71. The summed E-state index contributed by atoms with van der Waals surface area (Å²) in [5.41, 5.74) is 2.16. The number of nitriles is 1. The van der Waals surface area contributed by atoms with Crippen LogP contribution < -0.4 is 4.74 Å². The Morgan fingerprint density at radius 1 is 1.43 bits per heavy atom. The molecule has 0 fully saturated rings. The largest absolute Gasteiger partial charge is 0.479 e. The highest BCUT2D eigenvalue weighted by atomic mass is 35.5. The molecule has 8 heteroatoms. The molecule has 0 saturated carbocycles. The van der Waals surface area contributed by atoms with E-state index in [0.29, 0.717) is 38.1 Å². The van der Waals surface area contributed by atoms with Crippen LogP contribution in [-0.2, 0) is 0 Å². The molecule has 0 unspecified atom stereocenters. The molecule has 21 heavy (non-hydrogen) atoms. The fourth-order valence-electron chi connectivity index (χ4n) is 2.03. The Morgan fingerprint density at radius 3 is 2.95 bits per heavy atom. The third kappa shape index (κ3) is 2.14. The van der Waals surface area contributed by atoms with Crippen molar-refractivity contribution in [3.63, 3.8) is 0 Å². The molecule has 6 nitrogen and oxygen atoms in total. The average molecular weight is 318 g/mol. The Labute approximate surface area is 129 Å². The van der Waals surface area contributed by atoms with Crippen LogP contribution in [0.5, 0.6) is 5.88 Å². The smallest absolute Gasteiger partial charge is 0.242 e. The molecule has 0 aliphatic heterocycles. The first-order valence-corrected chi connectivity index (χ1v) is 6.64. The number of halogens is 1. The van der Waals surface area contributed by atoms with Crippen molar-refractivity contribution in [2.24, 2.45) is 0 Å². The Kier molecular flexibility index (Phi) is 3.33. The first-order chi connectivity index (χ1) is 10.2. The summed E-state index contributed by atoms with van der Waals surface area (Å²) in [6.45, 7) is 0. The van der Waals surface area contributed by atoms with Gasteiger partial charge in [-0.1, -0.05) is 11.6 Å². The second kappa shape index (κ2) is 5.16. The topological polar surface area (TPSA) is 79.5 Å². The number of H-pyrrole nitrogens is 1. The summed E-state index contributed by atoms with van der Waals surface area (Å²) in [7, 11) is 1.51. The third-order valence-electron chi connectivity index (χ3n) is 2.95. The van der Waals surface area contributed by atoms with Gasteiger partial charge in [-0.15, -0.1) is 0 Å². The van der Waals surface area contributed by atoms with E-state index in [1.807, 2.05) is 0 Å². The molecule has 0 spiro atoms. The van der Waals surface area contributed by atoms with Gasteiger partial charge in [0.25, 0.3) is 0 Å². The number of nitrogens with one attached hydrogen (secondary N) is 1. The van der Waals surface area contributed by atoms with E-state index in [-0.39, 0.29) is 0 Å².